The molecule has 0 aliphatic heterocycles. The van der Waals surface area contributed by atoms with E-state index in [0.717, 1.165) is 0 Å². The number of phenols is 1. The zero-order valence-corrected chi connectivity index (χ0v) is 13.7. The van der Waals surface area contributed by atoms with E-state index >= 15 is 0 Å². The first-order valence-electron chi connectivity index (χ1n) is 7.34. The van der Waals surface area contributed by atoms with Crippen LogP contribution >= 0.6 is 11.6 Å². The summed E-state index contributed by atoms with van der Waals surface area (Å²) in [6.07, 6.45) is 1.45. The largest absolute Gasteiger partial charge is 0.508 e. The minimum atomic E-state index is -0.315. The van der Waals surface area contributed by atoms with E-state index in [2.05, 4.69) is 4.98 Å². The van der Waals surface area contributed by atoms with Crippen LogP contribution in [-0.2, 0) is 0 Å². The van der Waals surface area contributed by atoms with E-state index in [-0.39, 0.29) is 11.7 Å². The molecule has 0 saturated carbocycles. The maximum absolute atomic E-state index is 13.0. The summed E-state index contributed by atoms with van der Waals surface area (Å²) in [7, 11) is 0. The van der Waals surface area contributed by atoms with E-state index < -0.39 is 0 Å². The Hall–Kier alpha value is -3.36. The van der Waals surface area contributed by atoms with Gasteiger partial charge in [0.2, 0.25) is 0 Å². The fraction of sp³-hybridized carbons (Fsp3) is 0. The molecule has 0 aliphatic rings. The van der Waals surface area contributed by atoms with E-state index in [0.29, 0.717) is 27.7 Å². The summed E-state index contributed by atoms with van der Waals surface area (Å²) in [5.74, 6) is 0.174. The van der Waals surface area contributed by atoms with Crippen LogP contribution in [0, 0.1) is 11.3 Å². The van der Waals surface area contributed by atoms with Crippen LogP contribution in [0.3, 0.4) is 0 Å². The van der Waals surface area contributed by atoms with Crippen LogP contribution in [0.15, 0.2) is 66.9 Å². The lowest BCUT2D eigenvalue weighted by Gasteiger charge is -2.22. The normalized spacial score (nSPS) is 10.1. The number of anilines is 2. The molecule has 1 heterocycles. The van der Waals surface area contributed by atoms with E-state index in [1.165, 1.54) is 23.2 Å². The van der Waals surface area contributed by atoms with Crippen molar-refractivity contribution in [2.45, 2.75) is 0 Å². The van der Waals surface area contributed by atoms with Gasteiger partial charge in [0.05, 0.1) is 22.3 Å². The Balaban J connectivity index is 2.06. The number of benzene rings is 2. The molecule has 2 aromatic carbocycles. The van der Waals surface area contributed by atoms with Gasteiger partial charge < -0.3 is 5.11 Å². The van der Waals surface area contributed by atoms with Crippen molar-refractivity contribution in [1.82, 2.24) is 4.98 Å². The highest BCUT2D eigenvalue weighted by Gasteiger charge is 2.21. The average molecular weight is 350 g/mol. The van der Waals surface area contributed by atoms with Crippen molar-refractivity contribution in [3.05, 3.63) is 83.0 Å². The highest BCUT2D eigenvalue weighted by atomic mass is 35.5. The van der Waals surface area contributed by atoms with Crippen LogP contribution in [0.25, 0.3) is 0 Å². The standard InChI is InChI=1S/C19H12ClN3O2/c20-15-5-10-18(22-12-15)23(16-6-8-17(24)9-7-16)19(25)14-3-1-13(11-21)2-4-14/h1-10,12,24H. The van der Waals surface area contributed by atoms with Gasteiger partial charge in [0, 0.05) is 11.8 Å². The van der Waals surface area contributed by atoms with Crippen molar-refractivity contribution in [3.63, 3.8) is 0 Å². The fourth-order valence-corrected chi connectivity index (χ4v) is 2.38. The molecule has 6 heteroatoms. The van der Waals surface area contributed by atoms with Crippen LogP contribution in [0.4, 0.5) is 11.5 Å². The fourth-order valence-electron chi connectivity index (χ4n) is 2.27. The first-order valence-corrected chi connectivity index (χ1v) is 7.71. The van der Waals surface area contributed by atoms with E-state index in [9.17, 15) is 9.90 Å². The minimum absolute atomic E-state index is 0.0959. The van der Waals surface area contributed by atoms with Crippen LogP contribution in [-0.4, -0.2) is 16.0 Å². The molecule has 122 valence electrons. The van der Waals surface area contributed by atoms with Crippen molar-refractivity contribution in [2.24, 2.45) is 0 Å². The molecule has 0 radical (unpaired) electrons. The lowest BCUT2D eigenvalue weighted by Crippen LogP contribution is -2.26. The van der Waals surface area contributed by atoms with Gasteiger partial charge in [-0.05, 0) is 60.7 Å². The molecule has 1 aromatic heterocycles. The van der Waals surface area contributed by atoms with Crippen molar-refractivity contribution >= 4 is 29.0 Å². The number of halogens is 1. The molecule has 0 spiro atoms. The van der Waals surface area contributed by atoms with E-state index in [1.807, 2.05) is 6.07 Å². The summed E-state index contributed by atoms with van der Waals surface area (Å²) in [4.78, 5) is 18.7. The molecule has 1 N–H and O–H groups in total. The summed E-state index contributed by atoms with van der Waals surface area (Å²) < 4.78 is 0. The van der Waals surface area contributed by atoms with Crippen LogP contribution < -0.4 is 4.90 Å². The van der Waals surface area contributed by atoms with Crippen molar-refractivity contribution in [3.8, 4) is 11.8 Å². The summed E-state index contributed by atoms with van der Waals surface area (Å²) in [6.45, 7) is 0. The van der Waals surface area contributed by atoms with Crippen molar-refractivity contribution in [2.75, 3.05) is 4.90 Å². The smallest absolute Gasteiger partial charge is 0.264 e. The number of carbonyl (C=O) groups excluding carboxylic acids is 1. The zero-order valence-electron chi connectivity index (χ0n) is 12.9. The van der Waals surface area contributed by atoms with E-state index in [4.69, 9.17) is 16.9 Å². The van der Waals surface area contributed by atoms with Crippen molar-refractivity contribution in [1.29, 1.82) is 5.26 Å². The quantitative estimate of drug-likeness (QED) is 0.765. The summed E-state index contributed by atoms with van der Waals surface area (Å²) >= 11 is 5.88. The van der Waals surface area contributed by atoms with Crippen LogP contribution in [0.2, 0.25) is 5.02 Å². The molecule has 5 nitrogen and oxygen atoms in total. The number of carbonyl (C=O) groups is 1. The number of nitrogens with zero attached hydrogens (tertiary/aromatic N) is 3. The van der Waals surface area contributed by atoms with Gasteiger partial charge in [-0.15, -0.1) is 0 Å². The van der Waals surface area contributed by atoms with Gasteiger partial charge in [-0.1, -0.05) is 11.6 Å². The Labute approximate surface area is 149 Å². The average Bonchev–Trinajstić information content (AvgIpc) is 2.65. The maximum atomic E-state index is 13.0. The molecule has 0 bridgehead atoms. The lowest BCUT2D eigenvalue weighted by atomic mass is 10.1. The van der Waals surface area contributed by atoms with Gasteiger partial charge >= 0.3 is 0 Å². The van der Waals surface area contributed by atoms with E-state index in [1.54, 1.807) is 48.5 Å². The number of aromatic hydroxyl groups is 1. The Morgan fingerprint density at radius 1 is 1.04 bits per heavy atom. The predicted molar refractivity (Wildman–Crippen MR) is 95.0 cm³/mol. The first-order chi connectivity index (χ1) is 12.1. The summed E-state index contributed by atoms with van der Waals surface area (Å²) in [6, 6.07) is 17.9. The maximum Gasteiger partial charge on any atom is 0.264 e. The molecule has 0 unspecified atom stereocenters. The first kappa shape index (κ1) is 16.5. The lowest BCUT2D eigenvalue weighted by molar-refractivity contribution is 0.0998. The van der Waals surface area contributed by atoms with Crippen molar-refractivity contribution < 1.29 is 9.90 Å². The number of hydrogen-bond donors (Lipinski definition) is 1. The van der Waals surface area contributed by atoms with Gasteiger partial charge in [-0.2, -0.15) is 5.26 Å². The third-order valence-electron chi connectivity index (χ3n) is 3.51. The summed E-state index contributed by atoms with van der Waals surface area (Å²) in [5, 5.41) is 18.8. The number of phenolic OH excluding ortho intramolecular Hbond substituents is 1. The molecule has 1 amide bonds. The van der Waals surface area contributed by atoms with Gasteiger partial charge in [0.1, 0.15) is 11.6 Å². The number of rotatable bonds is 3. The van der Waals surface area contributed by atoms with Gasteiger partial charge in [0.15, 0.2) is 0 Å². The molecule has 25 heavy (non-hydrogen) atoms. The minimum Gasteiger partial charge on any atom is -0.508 e. The molecular weight excluding hydrogens is 338 g/mol. The Morgan fingerprint density at radius 2 is 1.72 bits per heavy atom. The highest BCUT2D eigenvalue weighted by Crippen LogP contribution is 2.28. The highest BCUT2D eigenvalue weighted by molar-refractivity contribution is 6.30. The Morgan fingerprint density at radius 3 is 2.28 bits per heavy atom. The second-order valence-corrected chi connectivity index (χ2v) is 5.62. The predicted octanol–water partition coefficient (Wildman–Crippen LogP) is 4.29. The third kappa shape index (κ3) is 3.60. The van der Waals surface area contributed by atoms with Crippen LogP contribution in [0.1, 0.15) is 15.9 Å². The molecule has 0 fully saturated rings. The second kappa shape index (κ2) is 7.04. The van der Waals surface area contributed by atoms with Gasteiger partial charge in [-0.25, -0.2) is 4.98 Å². The third-order valence-corrected chi connectivity index (χ3v) is 3.74. The molecule has 0 saturated heterocycles. The van der Waals surface area contributed by atoms with Gasteiger partial charge in [0.25, 0.3) is 5.91 Å². The monoisotopic (exact) mass is 349 g/mol. The number of nitriles is 1. The van der Waals surface area contributed by atoms with Crippen LogP contribution in [0.5, 0.6) is 5.75 Å². The number of hydrogen-bond acceptors (Lipinski definition) is 4. The number of amides is 1. The number of pyridine rings is 1. The molecule has 0 aliphatic carbocycles. The van der Waals surface area contributed by atoms with Gasteiger partial charge in [-0.3, -0.25) is 9.69 Å². The Kier molecular flexibility index (Phi) is 4.64. The zero-order chi connectivity index (χ0) is 17.8. The molecule has 3 aromatic rings. The number of aromatic nitrogens is 1. The topological polar surface area (TPSA) is 77.2 Å². The summed E-state index contributed by atoms with van der Waals surface area (Å²) in [5.41, 5.74) is 1.42. The molecule has 3 rings (SSSR count). The SMILES string of the molecule is N#Cc1ccc(C(=O)N(c2ccc(O)cc2)c2ccc(Cl)cn2)cc1. The molecule has 0 atom stereocenters. The Bertz CT molecular complexity index is 885. The molecular formula is C19H12ClN3O2. The second-order valence-electron chi connectivity index (χ2n) is 5.18.